The van der Waals surface area contributed by atoms with E-state index in [1.807, 2.05) is 6.07 Å². The van der Waals surface area contributed by atoms with Crippen molar-refractivity contribution in [1.82, 2.24) is 0 Å². The molecule has 5 nitrogen and oxygen atoms in total. The summed E-state index contributed by atoms with van der Waals surface area (Å²) in [7, 11) is 1.24. The second-order valence-corrected chi connectivity index (χ2v) is 7.15. The van der Waals surface area contributed by atoms with Gasteiger partial charge in [-0.25, -0.2) is 0 Å². The zero-order chi connectivity index (χ0) is 20.1. The molecule has 1 aliphatic carbocycles. The minimum Gasteiger partial charge on any atom is -0.469 e. The summed E-state index contributed by atoms with van der Waals surface area (Å²) in [6.45, 7) is 2.12. The molecule has 0 aromatic heterocycles. The molecule has 1 aliphatic rings. The standard InChI is InChI=1S/C23H25NO4/c1-3-15-4-6-16(7-5-15)12-18-9-8-17-10-11-19(13-20(17)23(18)27)24-21(25)14-22(26)28-2/h4-7,10-11,13,18H,3,8-9,12,14H2,1-2H3,(H,24,25). The maximum absolute atomic E-state index is 13.0. The predicted molar refractivity (Wildman–Crippen MR) is 107 cm³/mol. The van der Waals surface area contributed by atoms with E-state index in [0.717, 1.165) is 31.2 Å². The zero-order valence-electron chi connectivity index (χ0n) is 16.3. The van der Waals surface area contributed by atoms with Crippen molar-refractivity contribution in [2.75, 3.05) is 12.4 Å². The number of nitrogens with one attached hydrogen (secondary N) is 1. The summed E-state index contributed by atoms with van der Waals surface area (Å²) >= 11 is 0. The Labute approximate surface area is 165 Å². The van der Waals surface area contributed by atoms with Gasteiger partial charge in [-0.2, -0.15) is 0 Å². The molecule has 1 N–H and O–H groups in total. The van der Waals surface area contributed by atoms with Crippen molar-refractivity contribution in [2.45, 2.75) is 39.0 Å². The Kier molecular flexibility index (Phi) is 6.24. The zero-order valence-corrected chi connectivity index (χ0v) is 16.3. The normalized spacial score (nSPS) is 15.6. The van der Waals surface area contributed by atoms with Gasteiger partial charge in [-0.1, -0.05) is 37.3 Å². The van der Waals surface area contributed by atoms with Crippen molar-refractivity contribution in [2.24, 2.45) is 5.92 Å². The van der Waals surface area contributed by atoms with Crippen LogP contribution in [0.5, 0.6) is 0 Å². The van der Waals surface area contributed by atoms with E-state index >= 15 is 0 Å². The molecule has 28 heavy (non-hydrogen) atoms. The average Bonchev–Trinajstić information content (AvgIpc) is 2.70. The SMILES string of the molecule is CCc1ccc(CC2CCc3ccc(NC(=O)CC(=O)OC)cc3C2=O)cc1. The van der Waals surface area contributed by atoms with Crippen LogP contribution in [0.15, 0.2) is 42.5 Å². The lowest BCUT2D eigenvalue weighted by Crippen LogP contribution is -2.25. The Morgan fingerprint density at radius 3 is 2.50 bits per heavy atom. The fourth-order valence-corrected chi connectivity index (χ4v) is 3.58. The number of benzene rings is 2. The van der Waals surface area contributed by atoms with E-state index < -0.39 is 11.9 Å². The summed E-state index contributed by atoms with van der Waals surface area (Å²) in [5.41, 5.74) is 4.65. The number of ether oxygens (including phenoxy) is 1. The van der Waals surface area contributed by atoms with E-state index in [9.17, 15) is 14.4 Å². The highest BCUT2D eigenvalue weighted by molar-refractivity contribution is 6.04. The molecule has 2 aromatic rings. The number of anilines is 1. The first-order chi connectivity index (χ1) is 13.5. The Bertz CT molecular complexity index is 886. The third-order valence-electron chi connectivity index (χ3n) is 5.24. The monoisotopic (exact) mass is 379 g/mol. The highest BCUT2D eigenvalue weighted by atomic mass is 16.5. The van der Waals surface area contributed by atoms with Gasteiger partial charge >= 0.3 is 5.97 Å². The van der Waals surface area contributed by atoms with Crippen LogP contribution in [0.3, 0.4) is 0 Å². The number of ketones is 1. The number of aryl methyl sites for hydroxylation is 2. The molecule has 0 heterocycles. The van der Waals surface area contributed by atoms with E-state index in [0.29, 0.717) is 11.3 Å². The summed E-state index contributed by atoms with van der Waals surface area (Å²) in [5.74, 6) is -0.991. The summed E-state index contributed by atoms with van der Waals surface area (Å²) in [6.07, 6.45) is 3.05. The lowest BCUT2D eigenvalue weighted by atomic mass is 9.79. The third kappa shape index (κ3) is 4.66. The smallest absolute Gasteiger partial charge is 0.315 e. The Hall–Kier alpha value is -2.95. The highest BCUT2D eigenvalue weighted by Crippen LogP contribution is 2.30. The molecule has 146 valence electrons. The first-order valence-electron chi connectivity index (χ1n) is 9.61. The minimum atomic E-state index is -0.597. The molecule has 3 rings (SSSR count). The van der Waals surface area contributed by atoms with Gasteiger partial charge in [0, 0.05) is 17.2 Å². The van der Waals surface area contributed by atoms with Crippen molar-refractivity contribution in [3.05, 3.63) is 64.7 Å². The molecule has 0 aliphatic heterocycles. The third-order valence-corrected chi connectivity index (χ3v) is 5.24. The van der Waals surface area contributed by atoms with Crippen molar-refractivity contribution in [3.63, 3.8) is 0 Å². The van der Waals surface area contributed by atoms with Gasteiger partial charge < -0.3 is 10.1 Å². The van der Waals surface area contributed by atoms with Crippen LogP contribution in [-0.2, 0) is 33.6 Å². The molecule has 1 unspecified atom stereocenters. The van der Waals surface area contributed by atoms with Gasteiger partial charge in [0.05, 0.1) is 7.11 Å². The lowest BCUT2D eigenvalue weighted by Gasteiger charge is -2.24. The maximum Gasteiger partial charge on any atom is 0.315 e. The number of fused-ring (bicyclic) bond motifs is 1. The lowest BCUT2D eigenvalue weighted by molar-refractivity contribution is -0.142. The largest absolute Gasteiger partial charge is 0.469 e. The van der Waals surface area contributed by atoms with E-state index in [1.165, 1.54) is 18.2 Å². The maximum atomic E-state index is 13.0. The number of hydrogen-bond acceptors (Lipinski definition) is 4. The van der Waals surface area contributed by atoms with E-state index in [-0.39, 0.29) is 18.1 Å². The number of carbonyl (C=O) groups is 3. The van der Waals surface area contributed by atoms with Gasteiger partial charge in [-0.05, 0) is 54.5 Å². The first-order valence-corrected chi connectivity index (χ1v) is 9.61. The molecule has 0 saturated heterocycles. The number of carbonyl (C=O) groups excluding carboxylic acids is 3. The van der Waals surface area contributed by atoms with Crippen molar-refractivity contribution < 1.29 is 19.1 Å². The summed E-state index contributed by atoms with van der Waals surface area (Å²) in [5, 5.41) is 2.66. The average molecular weight is 379 g/mol. The van der Waals surface area contributed by atoms with Crippen LogP contribution in [0.4, 0.5) is 5.69 Å². The van der Waals surface area contributed by atoms with Crippen LogP contribution >= 0.6 is 0 Å². The van der Waals surface area contributed by atoms with Gasteiger partial charge in [0.15, 0.2) is 5.78 Å². The number of esters is 1. The fraction of sp³-hybridized carbons (Fsp3) is 0.348. The number of Topliss-reactive ketones (excluding diaryl/α,β-unsaturated/α-hetero) is 1. The molecule has 0 fully saturated rings. The van der Waals surface area contributed by atoms with Crippen molar-refractivity contribution in [3.8, 4) is 0 Å². The summed E-state index contributed by atoms with van der Waals surface area (Å²) in [4.78, 5) is 36.1. The van der Waals surface area contributed by atoms with Gasteiger partial charge in [0.1, 0.15) is 6.42 Å². The Morgan fingerprint density at radius 1 is 1.11 bits per heavy atom. The number of amides is 1. The minimum absolute atomic E-state index is 0.0546. The van der Waals surface area contributed by atoms with Gasteiger partial charge in [-0.3, -0.25) is 14.4 Å². The molecule has 1 amide bonds. The second kappa shape index (κ2) is 8.83. The van der Waals surface area contributed by atoms with E-state index in [4.69, 9.17) is 0 Å². The molecule has 0 radical (unpaired) electrons. The van der Waals surface area contributed by atoms with Gasteiger partial charge in [-0.15, -0.1) is 0 Å². The first kappa shape index (κ1) is 19.8. The molecule has 2 aromatic carbocycles. The molecule has 1 atom stereocenters. The molecule has 0 bridgehead atoms. The molecule has 5 heteroatoms. The molecule has 0 saturated carbocycles. The second-order valence-electron chi connectivity index (χ2n) is 7.15. The molecule has 0 spiro atoms. The summed E-state index contributed by atoms with van der Waals surface area (Å²) in [6, 6.07) is 13.8. The number of hydrogen-bond donors (Lipinski definition) is 1. The fourth-order valence-electron chi connectivity index (χ4n) is 3.58. The van der Waals surface area contributed by atoms with Crippen LogP contribution in [0.1, 0.15) is 46.8 Å². The van der Waals surface area contributed by atoms with Crippen LogP contribution in [0, 0.1) is 5.92 Å². The van der Waals surface area contributed by atoms with E-state index in [1.54, 1.807) is 12.1 Å². The highest BCUT2D eigenvalue weighted by Gasteiger charge is 2.28. The van der Waals surface area contributed by atoms with Crippen LogP contribution in [0.2, 0.25) is 0 Å². The summed E-state index contributed by atoms with van der Waals surface area (Å²) < 4.78 is 4.50. The Balaban J connectivity index is 1.71. The van der Waals surface area contributed by atoms with Gasteiger partial charge in [0.25, 0.3) is 0 Å². The van der Waals surface area contributed by atoms with Crippen molar-refractivity contribution >= 4 is 23.3 Å². The molecular weight excluding hydrogens is 354 g/mol. The number of methoxy groups -OCH3 is 1. The van der Waals surface area contributed by atoms with Crippen LogP contribution in [0.25, 0.3) is 0 Å². The Morgan fingerprint density at radius 2 is 1.82 bits per heavy atom. The quantitative estimate of drug-likeness (QED) is 0.613. The topological polar surface area (TPSA) is 72.5 Å². The predicted octanol–water partition coefficient (Wildman–Crippen LogP) is 3.74. The van der Waals surface area contributed by atoms with Gasteiger partial charge in [0.2, 0.25) is 5.91 Å². The van der Waals surface area contributed by atoms with E-state index in [2.05, 4.69) is 41.2 Å². The number of rotatable bonds is 6. The van der Waals surface area contributed by atoms with Crippen LogP contribution < -0.4 is 5.32 Å². The molecular formula is C23H25NO4. The van der Waals surface area contributed by atoms with Crippen LogP contribution in [-0.4, -0.2) is 24.8 Å². The van der Waals surface area contributed by atoms with Crippen molar-refractivity contribution in [1.29, 1.82) is 0 Å².